The molecule has 0 spiro atoms. The van der Waals surface area contributed by atoms with E-state index in [4.69, 9.17) is 16.3 Å². The fourth-order valence-electron chi connectivity index (χ4n) is 4.77. The molecule has 0 unspecified atom stereocenters. The predicted molar refractivity (Wildman–Crippen MR) is 132 cm³/mol. The quantitative estimate of drug-likeness (QED) is 0.450. The fraction of sp³-hybridized carbons (Fsp3) is 0.444. The van der Waals surface area contributed by atoms with Gasteiger partial charge in [0.2, 0.25) is 11.8 Å². The van der Waals surface area contributed by atoms with Crippen LogP contribution in [0.25, 0.3) is 0 Å². The van der Waals surface area contributed by atoms with Crippen LogP contribution in [0.2, 0.25) is 5.02 Å². The lowest BCUT2D eigenvalue weighted by molar-refractivity contribution is -0.147. The number of carbonyl (C=O) groups excluding carboxylic acids is 2. The van der Waals surface area contributed by atoms with E-state index in [-0.39, 0.29) is 54.8 Å². The first kappa shape index (κ1) is 26.1. The number of amides is 2. The first-order chi connectivity index (χ1) is 17.2. The summed E-state index contributed by atoms with van der Waals surface area (Å²) in [6.45, 7) is 3.71. The summed E-state index contributed by atoms with van der Waals surface area (Å²) in [5, 5.41) is 9.39. The second kappa shape index (κ2) is 11.4. The SMILES string of the molecule is Cc1cc(CN(CCc2ccc(Cl)c(F)c2)C2CC(C(=O)O)C2)ccc1OCCN1C(=O)CCC1=O. The number of benzene rings is 2. The lowest BCUT2D eigenvalue weighted by atomic mass is 9.79. The lowest BCUT2D eigenvalue weighted by Crippen LogP contribution is -2.47. The molecule has 0 atom stereocenters. The van der Waals surface area contributed by atoms with Crippen molar-refractivity contribution in [1.82, 2.24) is 9.80 Å². The highest BCUT2D eigenvalue weighted by atomic mass is 35.5. The average Bonchev–Trinajstić information content (AvgIpc) is 3.11. The monoisotopic (exact) mass is 516 g/mol. The number of aliphatic carboxylic acids is 1. The Hall–Kier alpha value is -2.97. The molecule has 2 amide bonds. The molecule has 2 aromatic rings. The summed E-state index contributed by atoms with van der Waals surface area (Å²) in [4.78, 5) is 38.3. The van der Waals surface area contributed by atoms with Crippen LogP contribution in [0.1, 0.15) is 42.4 Å². The molecule has 1 saturated heterocycles. The third kappa shape index (κ3) is 6.23. The number of aryl methyl sites for hydroxylation is 1. The molecule has 4 rings (SSSR count). The molecule has 1 aliphatic carbocycles. The van der Waals surface area contributed by atoms with E-state index >= 15 is 0 Å². The second-order valence-corrected chi connectivity index (χ2v) is 9.92. The van der Waals surface area contributed by atoms with Crippen molar-refractivity contribution in [2.75, 3.05) is 19.7 Å². The largest absolute Gasteiger partial charge is 0.491 e. The Bertz CT molecular complexity index is 1130. The molecule has 2 aliphatic rings. The van der Waals surface area contributed by atoms with E-state index in [1.54, 1.807) is 6.07 Å². The zero-order chi connectivity index (χ0) is 25.8. The summed E-state index contributed by atoms with van der Waals surface area (Å²) < 4.78 is 19.7. The van der Waals surface area contributed by atoms with Crippen LogP contribution in [0.15, 0.2) is 36.4 Å². The van der Waals surface area contributed by atoms with Crippen LogP contribution in [-0.2, 0) is 27.3 Å². The smallest absolute Gasteiger partial charge is 0.306 e. The van der Waals surface area contributed by atoms with E-state index in [1.807, 2.05) is 31.2 Å². The van der Waals surface area contributed by atoms with Crippen molar-refractivity contribution in [2.24, 2.45) is 5.92 Å². The molecule has 1 aliphatic heterocycles. The Morgan fingerprint density at radius 1 is 1.14 bits per heavy atom. The Morgan fingerprint density at radius 3 is 2.47 bits per heavy atom. The van der Waals surface area contributed by atoms with Gasteiger partial charge < -0.3 is 9.84 Å². The van der Waals surface area contributed by atoms with Crippen molar-refractivity contribution in [2.45, 2.75) is 51.6 Å². The summed E-state index contributed by atoms with van der Waals surface area (Å²) in [5.74, 6) is -1.15. The predicted octanol–water partition coefficient (Wildman–Crippen LogP) is 4.22. The molecule has 7 nitrogen and oxygen atoms in total. The Morgan fingerprint density at radius 2 is 1.83 bits per heavy atom. The maximum Gasteiger partial charge on any atom is 0.306 e. The number of carbonyl (C=O) groups is 3. The van der Waals surface area contributed by atoms with Gasteiger partial charge in [-0.2, -0.15) is 0 Å². The number of imide groups is 1. The highest BCUT2D eigenvalue weighted by Gasteiger charge is 2.37. The van der Waals surface area contributed by atoms with Crippen LogP contribution >= 0.6 is 11.6 Å². The zero-order valence-electron chi connectivity index (χ0n) is 20.2. The molecule has 1 heterocycles. The maximum atomic E-state index is 13.9. The van der Waals surface area contributed by atoms with E-state index in [0.29, 0.717) is 38.1 Å². The zero-order valence-corrected chi connectivity index (χ0v) is 21.0. The highest BCUT2D eigenvalue weighted by Crippen LogP contribution is 2.33. The minimum atomic E-state index is -0.763. The van der Waals surface area contributed by atoms with Gasteiger partial charge in [0.05, 0.1) is 17.5 Å². The summed E-state index contributed by atoms with van der Waals surface area (Å²) in [7, 11) is 0. The number of hydrogen-bond donors (Lipinski definition) is 1. The minimum absolute atomic E-state index is 0.0929. The van der Waals surface area contributed by atoms with E-state index < -0.39 is 11.8 Å². The summed E-state index contributed by atoms with van der Waals surface area (Å²) in [6, 6.07) is 10.8. The lowest BCUT2D eigenvalue weighted by Gasteiger charge is -2.41. The van der Waals surface area contributed by atoms with Gasteiger partial charge in [-0.25, -0.2) is 4.39 Å². The molecule has 0 aromatic heterocycles. The molecule has 36 heavy (non-hydrogen) atoms. The first-order valence-corrected chi connectivity index (χ1v) is 12.6. The standard InChI is InChI=1S/C27H30ClFN2O5/c1-17-12-19(3-5-24(17)36-11-10-31-25(32)6-7-26(31)33)16-30(21-14-20(15-21)27(34)35)9-8-18-2-4-22(28)23(29)13-18/h2-5,12-13,20-21H,6-11,14-16H2,1H3,(H,34,35). The van der Waals surface area contributed by atoms with Crippen molar-refractivity contribution in [1.29, 1.82) is 0 Å². The molecule has 1 N–H and O–H groups in total. The fourth-order valence-corrected chi connectivity index (χ4v) is 4.89. The molecule has 1 saturated carbocycles. The van der Waals surface area contributed by atoms with Gasteiger partial charge in [0.1, 0.15) is 18.2 Å². The van der Waals surface area contributed by atoms with Crippen molar-refractivity contribution in [3.05, 3.63) is 63.9 Å². The minimum Gasteiger partial charge on any atom is -0.491 e. The van der Waals surface area contributed by atoms with Crippen LogP contribution in [0.5, 0.6) is 5.75 Å². The molecule has 2 aromatic carbocycles. The molecular formula is C27H30ClFN2O5. The third-order valence-electron chi connectivity index (χ3n) is 7.00. The highest BCUT2D eigenvalue weighted by molar-refractivity contribution is 6.30. The Balaban J connectivity index is 1.37. The van der Waals surface area contributed by atoms with E-state index in [2.05, 4.69) is 4.90 Å². The van der Waals surface area contributed by atoms with Crippen LogP contribution < -0.4 is 4.74 Å². The molecular weight excluding hydrogens is 487 g/mol. The van der Waals surface area contributed by atoms with Gasteiger partial charge in [-0.1, -0.05) is 29.8 Å². The van der Waals surface area contributed by atoms with Gasteiger partial charge in [-0.05, 0) is 61.1 Å². The third-order valence-corrected chi connectivity index (χ3v) is 7.31. The van der Waals surface area contributed by atoms with Crippen LogP contribution in [0.4, 0.5) is 4.39 Å². The maximum absolute atomic E-state index is 13.9. The Kier molecular flexibility index (Phi) is 8.26. The number of nitrogens with zero attached hydrogens (tertiary/aromatic N) is 2. The molecule has 0 bridgehead atoms. The number of carboxylic acid groups (broad SMARTS) is 1. The second-order valence-electron chi connectivity index (χ2n) is 9.52. The van der Waals surface area contributed by atoms with Gasteiger partial charge in [-0.15, -0.1) is 0 Å². The molecule has 192 valence electrons. The first-order valence-electron chi connectivity index (χ1n) is 12.2. The van der Waals surface area contributed by atoms with Crippen molar-refractivity contribution in [3.8, 4) is 5.75 Å². The number of carboxylic acids is 1. The molecule has 0 radical (unpaired) electrons. The van der Waals surface area contributed by atoms with E-state index in [0.717, 1.165) is 16.7 Å². The topological polar surface area (TPSA) is 87.2 Å². The normalized spacial score (nSPS) is 19.6. The van der Waals surface area contributed by atoms with E-state index in [1.165, 1.54) is 11.0 Å². The van der Waals surface area contributed by atoms with Gasteiger partial charge in [0.15, 0.2) is 0 Å². The van der Waals surface area contributed by atoms with Gasteiger partial charge >= 0.3 is 5.97 Å². The Labute approximate surface area is 214 Å². The van der Waals surface area contributed by atoms with E-state index in [9.17, 15) is 23.9 Å². The average molecular weight is 517 g/mol. The van der Waals surface area contributed by atoms with Crippen molar-refractivity contribution >= 4 is 29.4 Å². The van der Waals surface area contributed by atoms with Crippen LogP contribution in [-0.4, -0.2) is 58.4 Å². The van der Waals surface area contributed by atoms with Crippen LogP contribution in [0, 0.1) is 18.7 Å². The summed E-state index contributed by atoms with van der Waals surface area (Å²) in [6.07, 6.45) is 2.35. The number of halogens is 2. The molecule has 9 heteroatoms. The number of ether oxygens (including phenoxy) is 1. The molecule has 2 fully saturated rings. The number of likely N-dealkylation sites (tertiary alicyclic amines) is 1. The van der Waals surface area contributed by atoms with Gasteiger partial charge in [0.25, 0.3) is 0 Å². The summed E-state index contributed by atoms with van der Waals surface area (Å²) >= 11 is 5.80. The number of hydrogen-bond acceptors (Lipinski definition) is 5. The van der Waals surface area contributed by atoms with Crippen molar-refractivity contribution in [3.63, 3.8) is 0 Å². The van der Waals surface area contributed by atoms with Gasteiger partial charge in [-0.3, -0.25) is 24.2 Å². The van der Waals surface area contributed by atoms with Gasteiger partial charge in [0, 0.05) is 32.0 Å². The summed E-state index contributed by atoms with van der Waals surface area (Å²) in [5.41, 5.74) is 2.83. The van der Waals surface area contributed by atoms with Crippen molar-refractivity contribution < 1.29 is 28.6 Å². The van der Waals surface area contributed by atoms with Crippen LogP contribution in [0.3, 0.4) is 0 Å². The number of rotatable bonds is 11.